The number of thioether (sulfide) groups is 1. The molecule has 130 valence electrons. The number of esters is 4. The van der Waals surface area contributed by atoms with E-state index in [1.165, 1.54) is 39.5 Å². The maximum Gasteiger partial charge on any atom is 0.303 e. The predicted molar refractivity (Wildman–Crippen MR) is 79.5 cm³/mol. The van der Waals surface area contributed by atoms with Crippen LogP contribution in [0, 0.1) is 0 Å². The average molecular weight is 348 g/mol. The molecule has 1 heterocycles. The molecule has 0 aromatic heterocycles. The molecule has 1 rings (SSSR count). The van der Waals surface area contributed by atoms with Crippen molar-refractivity contribution in [2.75, 3.05) is 12.4 Å². The van der Waals surface area contributed by atoms with E-state index in [1.807, 2.05) is 0 Å². The van der Waals surface area contributed by atoms with Crippen molar-refractivity contribution in [1.82, 2.24) is 0 Å². The molecular formula is C14H20O8S. The van der Waals surface area contributed by atoms with Crippen LogP contribution in [-0.2, 0) is 38.1 Å². The fraction of sp³-hybridized carbons (Fsp3) is 0.714. The number of ether oxygens (including phenoxy) is 4. The largest absolute Gasteiger partial charge is 0.462 e. The van der Waals surface area contributed by atoms with E-state index in [2.05, 4.69) is 0 Å². The van der Waals surface area contributed by atoms with Gasteiger partial charge in [-0.3, -0.25) is 19.2 Å². The highest BCUT2D eigenvalue weighted by atomic mass is 32.2. The first kappa shape index (κ1) is 19.3. The van der Waals surface area contributed by atoms with Crippen molar-refractivity contribution in [1.29, 1.82) is 0 Å². The summed E-state index contributed by atoms with van der Waals surface area (Å²) in [5, 5.41) is -0.508. The standard InChI is InChI=1S/C14H20O8S/c1-7(15)19-5-11(20-8(2)16)14-13(22-10(4)18)12(6-23-14)21-9(3)17/h11-14H,5-6H2,1-4H3/t11-,12-,13-,14+/m1/s1. The summed E-state index contributed by atoms with van der Waals surface area (Å²) >= 11 is 1.32. The van der Waals surface area contributed by atoms with E-state index in [4.69, 9.17) is 18.9 Å². The molecule has 0 unspecified atom stereocenters. The van der Waals surface area contributed by atoms with Gasteiger partial charge in [-0.15, -0.1) is 11.8 Å². The lowest BCUT2D eigenvalue weighted by molar-refractivity contribution is -0.168. The van der Waals surface area contributed by atoms with Crippen LogP contribution in [0.3, 0.4) is 0 Å². The van der Waals surface area contributed by atoms with Gasteiger partial charge < -0.3 is 18.9 Å². The second-order valence-corrected chi connectivity index (χ2v) is 6.18. The Morgan fingerprint density at radius 3 is 2.04 bits per heavy atom. The number of carbonyl (C=O) groups is 4. The van der Waals surface area contributed by atoms with E-state index in [0.717, 1.165) is 0 Å². The van der Waals surface area contributed by atoms with Crippen LogP contribution >= 0.6 is 11.8 Å². The van der Waals surface area contributed by atoms with Crippen molar-refractivity contribution >= 4 is 35.6 Å². The third-order valence-corrected chi connectivity index (χ3v) is 4.37. The van der Waals surface area contributed by atoms with Crippen LogP contribution in [0.25, 0.3) is 0 Å². The summed E-state index contributed by atoms with van der Waals surface area (Å²) in [5.41, 5.74) is 0. The molecule has 0 aliphatic carbocycles. The van der Waals surface area contributed by atoms with Gasteiger partial charge >= 0.3 is 23.9 Å². The van der Waals surface area contributed by atoms with Crippen LogP contribution in [0.2, 0.25) is 0 Å². The minimum absolute atomic E-state index is 0.170. The molecule has 0 radical (unpaired) electrons. The van der Waals surface area contributed by atoms with Gasteiger partial charge in [0.05, 0.1) is 5.25 Å². The van der Waals surface area contributed by atoms with Gasteiger partial charge in [0.2, 0.25) is 0 Å². The Balaban J connectivity index is 2.91. The van der Waals surface area contributed by atoms with Gasteiger partial charge in [0.15, 0.2) is 12.2 Å². The van der Waals surface area contributed by atoms with Crippen LogP contribution in [0.4, 0.5) is 0 Å². The van der Waals surface area contributed by atoms with E-state index >= 15 is 0 Å². The fourth-order valence-electron chi connectivity index (χ4n) is 2.18. The highest BCUT2D eigenvalue weighted by Crippen LogP contribution is 2.35. The SMILES string of the molecule is CC(=O)OC[C@@H](OC(C)=O)[C@@H]1SC[C@@H](OC(C)=O)[C@H]1OC(C)=O. The molecule has 4 atom stereocenters. The smallest absolute Gasteiger partial charge is 0.303 e. The lowest BCUT2D eigenvalue weighted by Crippen LogP contribution is -2.45. The van der Waals surface area contributed by atoms with Crippen LogP contribution in [0.15, 0.2) is 0 Å². The third kappa shape index (κ3) is 6.47. The molecule has 0 N–H and O–H groups in total. The zero-order chi connectivity index (χ0) is 17.6. The van der Waals surface area contributed by atoms with Crippen molar-refractivity contribution in [3.63, 3.8) is 0 Å². The maximum absolute atomic E-state index is 11.3. The Bertz CT molecular complexity index is 477. The summed E-state index contributed by atoms with van der Waals surface area (Å²) in [4.78, 5) is 44.8. The molecule has 0 saturated carbocycles. The van der Waals surface area contributed by atoms with E-state index < -0.39 is 47.4 Å². The molecular weight excluding hydrogens is 328 g/mol. The van der Waals surface area contributed by atoms with Gasteiger partial charge in [0, 0.05) is 33.4 Å². The average Bonchev–Trinajstić information content (AvgIpc) is 2.75. The normalized spacial score (nSPS) is 24.4. The van der Waals surface area contributed by atoms with Crippen LogP contribution in [0.1, 0.15) is 27.7 Å². The molecule has 1 aliphatic heterocycles. The van der Waals surface area contributed by atoms with Crippen molar-refractivity contribution in [2.45, 2.75) is 51.3 Å². The molecule has 0 bridgehead atoms. The van der Waals surface area contributed by atoms with E-state index in [0.29, 0.717) is 5.75 Å². The minimum atomic E-state index is -0.814. The molecule has 0 aromatic rings. The van der Waals surface area contributed by atoms with Crippen LogP contribution in [0.5, 0.6) is 0 Å². The molecule has 0 aromatic carbocycles. The first-order valence-electron chi connectivity index (χ1n) is 6.97. The van der Waals surface area contributed by atoms with Gasteiger partial charge in [0.1, 0.15) is 12.7 Å². The summed E-state index contributed by atoms with van der Waals surface area (Å²) in [6.07, 6.45) is -2.26. The molecule has 23 heavy (non-hydrogen) atoms. The Kier molecular flexibility index (Phi) is 7.34. The number of hydrogen-bond acceptors (Lipinski definition) is 9. The first-order chi connectivity index (χ1) is 10.7. The minimum Gasteiger partial charge on any atom is -0.462 e. The Hall–Kier alpha value is -1.77. The Labute approximate surface area is 138 Å². The number of hydrogen-bond donors (Lipinski definition) is 0. The second-order valence-electron chi connectivity index (χ2n) is 4.97. The summed E-state index contributed by atoms with van der Waals surface area (Å²) in [6.45, 7) is 4.78. The first-order valence-corrected chi connectivity index (χ1v) is 8.02. The van der Waals surface area contributed by atoms with E-state index in [-0.39, 0.29) is 6.61 Å². The van der Waals surface area contributed by atoms with E-state index in [9.17, 15) is 19.2 Å². The second kappa shape index (κ2) is 8.76. The molecule has 1 aliphatic rings. The molecule has 0 amide bonds. The Morgan fingerprint density at radius 1 is 0.957 bits per heavy atom. The quantitative estimate of drug-likeness (QED) is 0.500. The summed E-state index contributed by atoms with van der Waals surface area (Å²) in [7, 11) is 0. The monoisotopic (exact) mass is 348 g/mol. The zero-order valence-electron chi connectivity index (χ0n) is 13.4. The predicted octanol–water partition coefficient (Wildman–Crippen LogP) is 0.460. The lowest BCUT2D eigenvalue weighted by atomic mass is 10.1. The van der Waals surface area contributed by atoms with Crippen molar-refractivity contribution in [2.24, 2.45) is 0 Å². The molecule has 8 nitrogen and oxygen atoms in total. The summed E-state index contributed by atoms with van der Waals surface area (Å²) in [5.74, 6) is -1.75. The van der Waals surface area contributed by atoms with Crippen molar-refractivity contribution in [3.05, 3.63) is 0 Å². The maximum atomic E-state index is 11.3. The van der Waals surface area contributed by atoms with Crippen molar-refractivity contribution < 1.29 is 38.1 Å². The van der Waals surface area contributed by atoms with E-state index in [1.54, 1.807) is 0 Å². The van der Waals surface area contributed by atoms with Crippen LogP contribution in [-0.4, -0.2) is 59.8 Å². The van der Waals surface area contributed by atoms with Gasteiger partial charge in [-0.25, -0.2) is 0 Å². The Morgan fingerprint density at radius 2 is 1.57 bits per heavy atom. The molecule has 9 heteroatoms. The van der Waals surface area contributed by atoms with Crippen molar-refractivity contribution in [3.8, 4) is 0 Å². The molecule has 0 spiro atoms. The summed E-state index contributed by atoms with van der Waals surface area (Å²) in [6, 6.07) is 0. The van der Waals surface area contributed by atoms with Gasteiger partial charge in [-0.2, -0.15) is 0 Å². The zero-order valence-corrected chi connectivity index (χ0v) is 14.2. The number of carbonyl (C=O) groups excluding carboxylic acids is 4. The summed E-state index contributed by atoms with van der Waals surface area (Å²) < 4.78 is 20.5. The van der Waals surface area contributed by atoms with Gasteiger partial charge in [-0.1, -0.05) is 0 Å². The third-order valence-electron chi connectivity index (χ3n) is 2.90. The fourth-order valence-corrected chi connectivity index (χ4v) is 3.62. The number of rotatable bonds is 6. The molecule has 1 saturated heterocycles. The molecule has 1 fully saturated rings. The highest BCUT2D eigenvalue weighted by molar-refractivity contribution is 8.00. The lowest BCUT2D eigenvalue weighted by Gasteiger charge is -2.28. The topological polar surface area (TPSA) is 105 Å². The highest BCUT2D eigenvalue weighted by Gasteiger charge is 2.47. The van der Waals surface area contributed by atoms with Crippen LogP contribution < -0.4 is 0 Å². The van der Waals surface area contributed by atoms with Gasteiger partial charge in [0.25, 0.3) is 0 Å². The van der Waals surface area contributed by atoms with Gasteiger partial charge in [-0.05, 0) is 0 Å².